The van der Waals surface area contributed by atoms with E-state index in [2.05, 4.69) is 13.5 Å². The van der Waals surface area contributed by atoms with Crippen molar-refractivity contribution in [2.75, 3.05) is 21.0 Å². The molecule has 1 saturated heterocycles. The lowest BCUT2D eigenvalue weighted by atomic mass is 9.71. The Hall–Kier alpha value is -2.27. The van der Waals surface area contributed by atoms with Gasteiger partial charge in [0.25, 0.3) is 0 Å². The molecule has 2 aliphatic rings. The molecule has 0 saturated carbocycles. The van der Waals surface area contributed by atoms with Crippen molar-refractivity contribution in [2.24, 2.45) is 11.8 Å². The first-order valence-corrected chi connectivity index (χ1v) is 8.88. The lowest BCUT2D eigenvalue weighted by molar-refractivity contribution is -0.123. The van der Waals surface area contributed by atoms with Gasteiger partial charge in [0.2, 0.25) is 0 Å². The summed E-state index contributed by atoms with van der Waals surface area (Å²) in [6.07, 6.45) is 5.46. The van der Waals surface area contributed by atoms with Crippen molar-refractivity contribution in [1.82, 2.24) is 0 Å². The highest BCUT2D eigenvalue weighted by Crippen LogP contribution is 2.46. The van der Waals surface area contributed by atoms with Gasteiger partial charge in [-0.2, -0.15) is 0 Å². The fourth-order valence-corrected chi connectivity index (χ4v) is 3.94. The maximum absolute atomic E-state index is 12.3. The first kappa shape index (κ1) is 18.5. The largest absolute Gasteiger partial charge is 0.493 e. The summed E-state index contributed by atoms with van der Waals surface area (Å²) in [4.78, 5) is 12.3. The van der Waals surface area contributed by atoms with Crippen molar-refractivity contribution in [3.63, 3.8) is 0 Å². The van der Waals surface area contributed by atoms with Gasteiger partial charge in [0.15, 0.2) is 24.1 Å². The van der Waals surface area contributed by atoms with Gasteiger partial charge in [-0.1, -0.05) is 19.1 Å². The van der Waals surface area contributed by atoms with Gasteiger partial charge in [0.1, 0.15) is 11.4 Å². The van der Waals surface area contributed by atoms with Gasteiger partial charge in [-0.15, -0.1) is 6.58 Å². The SMILES string of the molecule is C=CC[C@H]1C[C@]2([C@@H](C)Cc3ccc(OC)c(OC)c3)OCOC2=CC1=O. The molecule has 140 valence electrons. The van der Waals surface area contributed by atoms with Gasteiger partial charge >= 0.3 is 0 Å². The Morgan fingerprint density at radius 2 is 2.12 bits per heavy atom. The van der Waals surface area contributed by atoms with E-state index >= 15 is 0 Å². The number of methoxy groups -OCH3 is 2. The van der Waals surface area contributed by atoms with Crippen LogP contribution in [0.25, 0.3) is 0 Å². The van der Waals surface area contributed by atoms with Crippen LogP contribution in [0, 0.1) is 11.8 Å². The predicted octanol–water partition coefficient (Wildman–Crippen LogP) is 3.67. The van der Waals surface area contributed by atoms with Crippen LogP contribution in [0.3, 0.4) is 0 Å². The highest BCUT2D eigenvalue weighted by molar-refractivity contribution is 5.93. The van der Waals surface area contributed by atoms with E-state index in [1.54, 1.807) is 26.4 Å². The zero-order valence-electron chi connectivity index (χ0n) is 15.6. The highest BCUT2D eigenvalue weighted by Gasteiger charge is 2.51. The summed E-state index contributed by atoms with van der Waals surface area (Å²) >= 11 is 0. The normalized spacial score (nSPS) is 25.7. The van der Waals surface area contributed by atoms with E-state index < -0.39 is 5.60 Å². The number of carbonyl (C=O) groups excluding carboxylic acids is 1. The predicted molar refractivity (Wildman–Crippen MR) is 98.2 cm³/mol. The van der Waals surface area contributed by atoms with E-state index in [0.29, 0.717) is 30.1 Å². The average Bonchev–Trinajstić information content (AvgIpc) is 3.06. The summed E-state index contributed by atoms with van der Waals surface area (Å²) in [6.45, 7) is 6.10. The summed E-state index contributed by atoms with van der Waals surface area (Å²) in [5.41, 5.74) is 0.561. The number of carbonyl (C=O) groups is 1. The molecule has 1 fully saturated rings. The fourth-order valence-electron chi connectivity index (χ4n) is 3.94. The summed E-state index contributed by atoms with van der Waals surface area (Å²) in [5.74, 6) is 2.20. The van der Waals surface area contributed by atoms with Crippen LogP contribution >= 0.6 is 0 Å². The second-order valence-electron chi connectivity index (χ2n) is 6.93. The number of benzene rings is 1. The molecule has 0 N–H and O–H groups in total. The van der Waals surface area contributed by atoms with Crippen LogP contribution < -0.4 is 9.47 Å². The first-order valence-electron chi connectivity index (χ1n) is 8.88. The van der Waals surface area contributed by atoms with Crippen LogP contribution in [0.1, 0.15) is 25.3 Å². The minimum Gasteiger partial charge on any atom is -0.493 e. The third kappa shape index (κ3) is 3.23. The fraction of sp³-hybridized carbons (Fsp3) is 0.476. The molecular formula is C21H26O5. The van der Waals surface area contributed by atoms with Gasteiger partial charge in [0.05, 0.1) is 14.2 Å². The second-order valence-corrected chi connectivity index (χ2v) is 6.93. The smallest absolute Gasteiger partial charge is 0.189 e. The lowest BCUT2D eigenvalue weighted by Crippen LogP contribution is -2.44. The Morgan fingerprint density at radius 1 is 1.35 bits per heavy atom. The first-order chi connectivity index (χ1) is 12.5. The molecule has 3 atom stereocenters. The third-order valence-electron chi connectivity index (χ3n) is 5.41. The Balaban J connectivity index is 1.86. The molecule has 1 aromatic carbocycles. The maximum atomic E-state index is 12.3. The van der Waals surface area contributed by atoms with Crippen LogP contribution in [-0.4, -0.2) is 32.4 Å². The zero-order chi connectivity index (χ0) is 18.7. The lowest BCUT2D eigenvalue weighted by Gasteiger charge is -2.38. The van der Waals surface area contributed by atoms with Crippen molar-refractivity contribution in [1.29, 1.82) is 0 Å². The van der Waals surface area contributed by atoms with Crippen molar-refractivity contribution in [3.05, 3.63) is 48.3 Å². The van der Waals surface area contributed by atoms with Gasteiger partial charge in [-0.05, 0) is 42.9 Å². The molecule has 1 aromatic rings. The van der Waals surface area contributed by atoms with Gasteiger partial charge in [-0.3, -0.25) is 4.79 Å². The Labute approximate surface area is 154 Å². The third-order valence-corrected chi connectivity index (χ3v) is 5.41. The van der Waals surface area contributed by atoms with Crippen molar-refractivity contribution >= 4 is 5.78 Å². The van der Waals surface area contributed by atoms with E-state index in [1.807, 2.05) is 18.2 Å². The molecule has 3 rings (SSSR count). The molecule has 0 amide bonds. The van der Waals surface area contributed by atoms with Crippen LogP contribution in [0.5, 0.6) is 11.5 Å². The summed E-state index contributed by atoms with van der Waals surface area (Å²) in [6, 6.07) is 5.93. The van der Waals surface area contributed by atoms with Crippen molar-refractivity contribution in [3.8, 4) is 11.5 Å². The number of ketones is 1. The quantitative estimate of drug-likeness (QED) is 0.696. The molecule has 1 aliphatic carbocycles. The Bertz CT molecular complexity index is 723. The number of allylic oxidation sites excluding steroid dienone is 2. The summed E-state index contributed by atoms with van der Waals surface area (Å²) in [7, 11) is 3.25. The minimum atomic E-state index is -0.561. The van der Waals surface area contributed by atoms with Crippen LogP contribution in [0.4, 0.5) is 0 Å². The van der Waals surface area contributed by atoms with Gasteiger partial charge in [-0.25, -0.2) is 0 Å². The maximum Gasteiger partial charge on any atom is 0.189 e. The highest BCUT2D eigenvalue weighted by atomic mass is 16.7. The van der Waals surface area contributed by atoms with E-state index in [4.69, 9.17) is 18.9 Å². The molecule has 0 radical (unpaired) electrons. The average molecular weight is 358 g/mol. The summed E-state index contributed by atoms with van der Waals surface area (Å²) < 4.78 is 22.4. The van der Waals surface area contributed by atoms with Crippen LogP contribution in [0.2, 0.25) is 0 Å². The molecule has 0 bridgehead atoms. The Kier molecular flexibility index (Phi) is 5.37. The van der Waals surface area contributed by atoms with Crippen molar-refractivity contribution < 1.29 is 23.7 Å². The van der Waals surface area contributed by atoms with E-state index in [0.717, 1.165) is 12.0 Å². The molecule has 1 aliphatic heterocycles. The number of fused-ring (bicyclic) bond motifs is 1. The molecule has 1 heterocycles. The minimum absolute atomic E-state index is 0.0966. The molecular weight excluding hydrogens is 332 g/mol. The number of hydrogen-bond acceptors (Lipinski definition) is 5. The van der Waals surface area contributed by atoms with Crippen LogP contribution in [0.15, 0.2) is 42.7 Å². The topological polar surface area (TPSA) is 54.0 Å². The molecule has 0 spiro atoms. The standard InChI is InChI=1S/C21H26O5/c1-5-6-16-12-21(20(11-17(16)22)25-13-26-21)14(2)9-15-7-8-18(23-3)19(10-15)24-4/h5,7-8,10-11,14,16H,1,6,9,12-13H2,2-4H3/t14-,16-,21+/m0/s1. The second kappa shape index (κ2) is 7.54. The number of rotatable bonds is 7. The monoisotopic (exact) mass is 358 g/mol. The number of hydrogen-bond donors (Lipinski definition) is 0. The van der Waals surface area contributed by atoms with Crippen LogP contribution in [-0.2, 0) is 20.7 Å². The summed E-state index contributed by atoms with van der Waals surface area (Å²) in [5, 5.41) is 0. The molecule has 0 unspecified atom stereocenters. The van der Waals surface area contributed by atoms with Gasteiger partial charge < -0.3 is 18.9 Å². The number of ether oxygens (including phenoxy) is 4. The van der Waals surface area contributed by atoms with Crippen molar-refractivity contribution in [2.45, 2.75) is 31.8 Å². The molecule has 0 aromatic heterocycles. The zero-order valence-corrected chi connectivity index (χ0v) is 15.6. The molecule has 26 heavy (non-hydrogen) atoms. The van der Waals surface area contributed by atoms with E-state index in [1.165, 1.54) is 0 Å². The van der Waals surface area contributed by atoms with E-state index in [-0.39, 0.29) is 24.4 Å². The van der Waals surface area contributed by atoms with Gasteiger partial charge in [0, 0.05) is 12.0 Å². The molecule has 5 nitrogen and oxygen atoms in total. The Morgan fingerprint density at radius 3 is 2.81 bits per heavy atom. The molecule has 5 heteroatoms. The van der Waals surface area contributed by atoms with E-state index in [9.17, 15) is 4.79 Å².